The minimum Gasteiger partial charge on any atom is -0.497 e. The van der Waals surface area contributed by atoms with Gasteiger partial charge in [0, 0.05) is 5.56 Å². The topological polar surface area (TPSA) is 59.9 Å². The highest BCUT2D eigenvalue weighted by molar-refractivity contribution is 6.32. The van der Waals surface area contributed by atoms with E-state index in [0.29, 0.717) is 22.1 Å². The first-order valence-electron chi connectivity index (χ1n) is 6.45. The van der Waals surface area contributed by atoms with Gasteiger partial charge in [-0.3, -0.25) is 4.79 Å². The molecule has 0 aliphatic rings. The van der Waals surface area contributed by atoms with E-state index in [1.807, 2.05) is 0 Å². The highest BCUT2D eigenvalue weighted by Gasteiger charge is 2.04. The summed E-state index contributed by atoms with van der Waals surface area (Å²) in [6.07, 6.45) is 1.51. The van der Waals surface area contributed by atoms with Crippen molar-refractivity contribution in [2.75, 3.05) is 14.2 Å². The van der Waals surface area contributed by atoms with Crippen molar-refractivity contribution in [3.63, 3.8) is 0 Å². The number of methoxy groups -OCH3 is 2. The lowest BCUT2D eigenvalue weighted by Crippen LogP contribution is -2.17. The average molecular weight is 319 g/mol. The lowest BCUT2D eigenvalue weighted by molar-refractivity contribution is 0.0955. The minimum absolute atomic E-state index is 0.307. The predicted molar refractivity (Wildman–Crippen MR) is 86.1 cm³/mol. The Morgan fingerprint density at radius 1 is 1.14 bits per heavy atom. The van der Waals surface area contributed by atoms with Crippen molar-refractivity contribution in [3.05, 3.63) is 58.6 Å². The Morgan fingerprint density at radius 2 is 1.86 bits per heavy atom. The van der Waals surface area contributed by atoms with Crippen molar-refractivity contribution in [2.45, 2.75) is 0 Å². The third kappa shape index (κ3) is 3.99. The van der Waals surface area contributed by atoms with Crippen LogP contribution in [0.5, 0.6) is 11.5 Å². The van der Waals surface area contributed by atoms with Gasteiger partial charge in [-0.25, -0.2) is 5.43 Å². The van der Waals surface area contributed by atoms with Gasteiger partial charge < -0.3 is 9.47 Å². The molecule has 0 heterocycles. The Morgan fingerprint density at radius 3 is 2.45 bits per heavy atom. The van der Waals surface area contributed by atoms with Crippen LogP contribution in [-0.4, -0.2) is 26.3 Å². The fourth-order valence-corrected chi connectivity index (χ4v) is 2.00. The molecule has 2 aromatic carbocycles. The maximum Gasteiger partial charge on any atom is 0.271 e. The Kier molecular flexibility index (Phi) is 5.38. The van der Waals surface area contributed by atoms with E-state index in [-0.39, 0.29) is 5.91 Å². The smallest absolute Gasteiger partial charge is 0.271 e. The van der Waals surface area contributed by atoms with E-state index in [2.05, 4.69) is 10.5 Å². The van der Waals surface area contributed by atoms with Gasteiger partial charge >= 0.3 is 0 Å². The molecule has 0 aliphatic carbocycles. The molecule has 0 bridgehead atoms. The minimum atomic E-state index is -0.307. The first-order chi connectivity index (χ1) is 10.6. The molecular formula is C16H15ClN2O3. The molecule has 114 valence electrons. The van der Waals surface area contributed by atoms with Gasteiger partial charge in [-0.05, 0) is 48.0 Å². The molecule has 0 saturated carbocycles. The second kappa shape index (κ2) is 7.47. The van der Waals surface area contributed by atoms with Crippen molar-refractivity contribution < 1.29 is 14.3 Å². The number of amides is 1. The van der Waals surface area contributed by atoms with E-state index < -0.39 is 0 Å². The van der Waals surface area contributed by atoms with Crippen molar-refractivity contribution in [1.29, 1.82) is 0 Å². The number of halogens is 1. The Hall–Kier alpha value is -2.53. The summed E-state index contributed by atoms with van der Waals surface area (Å²) in [6, 6.07) is 12.0. The number of hydrazone groups is 1. The zero-order valence-corrected chi connectivity index (χ0v) is 12.9. The second-order valence-electron chi connectivity index (χ2n) is 4.32. The fourth-order valence-electron chi connectivity index (χ4n) is 1.74. The molecular weight excluding hydrogens is 304 g/mol. The quantitative estimate of drug-likeness (QED) is 0.680. The van der Waals surface area contributed by atoms with Gasteiger partial charge in [-0.15, -0.1) is 0 Å². The highest BCUT2D eigenvalue weighted by atomic mass is 35.5. The number of carbonyl (C=O) groups excluding carboxylic acids is 1. The SMILES string of the molecule is COc1ccc(C(=O)N/N=C/c2ccc(OC)c(Cl)c2)cc1. The lowest BCUT2D eigenvalue weighted by atomic mass is 10.2. The van der Waals surface area contributed by atoms with Crippen LogP contribution in [0.1, 0.15) is 15.9 Å². The van der Waals surface area contributed by atoms with Gasteiger partial charge in [0.1, 0.15) is 11.5 Å². The molecule has 0 aliphatic heterocycles. The first kappa shape index (κ1) is 15.9. The average Bonchev–Trinajstić information content (AvgIpc) is 2.55. The van der Waals surface area contributed by atoms with Crippen LogP contribution in [-0.2, 0) is 0 Å². The molecule has 0 atom stereocenters. The highest BCUT2D eigenvalue weighted by Crippen LogP contribution is 2.24. The number of hydrogen-bond acceptors (Lipinski definition) is 4. The van der Waals surface area contributed by atoms with E-state index >= 15 is 0 Å². The van der Waals surface area contributed by atoms with Gasteiger partial charge in [0.2, 0.25) is 0 Å². The number of rotatable bonds is 5. The number of carbonyl (C=O) groups is 1. The summed E-state index contributed by atoms with van der Waals surface area (Å²) in [6.45, 7) is 0. The van der Waals surface area contributed by atoms with Crippen LogP contribution in [0.2, 0.25) is 5.02 Å². The van der Waals surface area contributed by atoms with Crippen LogP contribution < -0.4 is 14.9 Å². The monoisotopic (exact) mass is 318 g/mol. The van der Waals surface area contributed by atoms with E-state index in [0.717, 1.165) is 5.56 Å². The van der Waals surface area contributed by atoms with Crippen molar-refractivity contribution in [1.82, 2.24) is 5.43 Å². The molecule has 0 spiro atoms. The summed E-state index contributed by atoms with van der Waals surface area (Å²) in [4.78, 5) is 11.9. The predicted octanol–water partition coefficient (Wildman–Crippen LogP) is 3.12. The number of benzene rings is 2. The zero-order chi connectivity index (χ0) is 15.9. The third-order valence-electron chi connectivity index (χ3n) is 2.91. The number of nitrogens with one attached hydrogen (secondary N) is 1. The van der Waals surface area contributed by atoms with Crippen molar-refractivity contribution in [3.8, 4) is 11.5 Å². The molecule has 0 radical (unpaired) electrons. The van der Waals surface area contributed by atoms with Crippen LogP contribution in [0.3, 0.4) is 0 Å². The van der Waals surface area contributed by atoms with Gasteiger partial charge in [0.15, 0.2) is 0 Å². The Labute approximate surface area is 133 Å². The van der Waals surface area contributed by atoms with Gasteiger partial charge in [0.25, 0.3) is 5.91 Å². The first-order valence-corrected chi connectivity index (χ1v) is 6.83. The molecule has 22 heavy (non-hydrogen) atoms. The molecule has 2 rings (SSSR count). The van der Waals surface area contributed by atoms with Crippen LogP contribution in [0.15, 0.2) is 47.6 Å². The summed E-state index contributed by atoms with van der Waals surface area (Å²) in [5.74, 6) is 0.965. The standard InChI is InChI=1S/C16H15ClN2O3/c1-21-13-6-4-12(5-7-13)16(20)19-18-10-11-3-8-15(22-2)14(17)9-11/h3-10H,1-2H3,(H,19,20)/b18-10+. The Balaban J connectivity index is 1.99. The molecule has 2 aromatic rings. The van der Waals surface area contributed by atoms with E-state index in [1.165, 1.54) is 6.21 Å². The van der Waals surface area contributed by atoms with E-state index in [4.69, 9.17) is 21.1 Å². The van der Waals surface area contributed by atoms with E-state index in [9.17, 15) is 4.79 Å². The van der Waals surface area contributed by atoms with Gasteiger partial charge in [-0.1, -0.05) is 11.6 Å². The van der Waals surface area contributed by atoms with Crippen LogP contribution >= 0.6 is 11.6 Å². The molecule has 0 unspecified atom stereocenters. The number of ether oxygens (including phenoxy) is 2. The molecule has 0 aromatic heterocycles. The van der Waals surface area contributed by atoms with Crippen LogP contribution in [0.4, 0.5) is 0 Å². The zero-order valence-electron chi connectivity index (χ0n) is 12.2. The summed E-state index contributed by atoms with van der Waals surface area (Å²) < 4.78 is 10.1. The van der Waals surface area contributed by atoms with Gasteiger partial charge in [0.05, 0.1) is 25.5 Å². The maximum atomic E-state index is 11.9. The summed E-state index contributed by atoms with van der Waals surface area (Å²) in [5.41, 5.74) is 3.69. The molecule has 5 nitrogen and oxygen atoms in total. The largest absolute Gasteiger partial charge is 0.497 e. The third-order valence-corrected chi connectivity index (χ3v) is 3.20. The number of hydrogen-bond donors (Lipinski definition) is 1. The molecule has 1 N–H and O–H groups in total. The van der Waals surface area contributed by atoms with Crippen molar-refractivity contribution in [2.24, 2.45) is 5.10 Å². The maximum absolute atomic E-state index is 11.9. The number of nitrogens with zero attached hydrogens (tertiary/aromatic N) is 1. The molecule has 1 amide bonds. The fraction of sp³-hybridized carbons (Fsp3) is 0.125. The lowest BCUT2D eigenvalue weighted by Gasteiger charge is -2.03. The second-order valence-corrected chi connectivity index (χ2v) is 4.73. The summed E-state index contributed by atoms with van der Waals surface area (Å²) >= 11 is 6.01. The van der Waals surface area contributed by atoms with Gasteiger partial charge in [-0.2, -0.15) is 5.10 Å². The van der Waals surface area contributed by atoms with Crippen LogP contribution in [0.25, 0.3) is 0 Å². The normalized spacial score (nSPS) is 10.5. The Bertz CT molecular complexity index is 684. The van der Waals surface area contributed by atoms with Crippen LogP contribution in [0, 0.1) is 0 Å². The van der Waals surface area contributed by atoms with E-state index in [1.54, 1.807) is 56.7 Å². The molecule has 0 fully saturated rings. The summed E-state index contributed by atoms with van der Waals surface area (Å²) in [7, 11) is 3.11. The summed E-state index contributed by atoms with van der Waals surface area (Å²) in [5, 5.41) is 4.38. The molecule has 0 saturated heterocycles. The van der Waals surface area contributed by atoms with Crippen molar-refractivity contribution >= 4 is 23.7 Å². The molecule has 6 heteroatoms.